The SMILES string of the molecule is CCSC(C)(Cc1nc2ccccc2s1)C(=O)NC(C)=O. The Hall–Kier alpha value is -1.40. The van der Waals surface area contributed by atoms with Gasteiger partial charge in [0.2, 0.25) is 11.8 Å². The van der Waals surface area contributed by atoms with Gasteiger partial charge in [-0.3, -0.25) is 14.9 Å². The van der Waals surface area contributed by atoms with Gasteiger partial charge < -0.3 is 0 Å². The van der Waals surface area contributed by atoms with E-state index in [0.29, 0.717) is 6.42 Å². The molecule has 2 rings (SSSR count). The van der Waals surface area contributed by atoms with E-state index < -0.39 is 4.75 Å². The maximum absolute atomic E-state index is 12.3. The number of thioether (sulfide) groups is 1. The van der Waals surface area contributed by atoms with Gasteiger partial charge in [0.25, 0.3) is 0 Å². The third-order valence-corrected chi connectivity index (χ3v) is 5.35. The Morgan fingerprint density at radius 1 is 1.38 bits per heavy atom. The Balaban J connectivity index is 2.25. The van der Waals surface area contributed by atoms with Gasteiger partial charge >= 0.3 is 0 Å². The zero-order chi connectivity index (χ0) is 15.5. The van der Waals surface area contributed by atoms with Gasteiger partial charge in [-0.2, -0.15) is 0 Å². The van der Waals surface area contributed by atoms with Crippen molar-refractivity contribution >= 4 is 45.1 Å². The van der Waals surface area contributed by atoms with Gasteiger partial charge in [0.1, 0.15) is 0 Å². The van der Waals surface area contributed by atoms with Gasteiger partial charge in [-0.05, 0) is 24.8 Å². The van der Waals surface area contributed by atoms with Gasteiger partial charge in [0.05, 0.1) is 20.0 Å². The first-order valence-corrected chi connectivity index (χ1v) is 8.55. The van der Waals surface area contributed by atoms with Crippen molar-refractivity contribution in [3.63, 3.8) is 0 Å². The largest absolute Gasteiger partial charge is 0.295 e. The molecular weight excluding hydrogens is 304 g/mol. The molecule has 1 N–H and O–H groups in total. The molecule has 1 aromatic heterocycles. The fourth-order valence-electron chi connectivity index (χ4n) is 2.09. The number of fused-ring (bicyclic) bond motifs is 1. The highest BCUT2D eigenvalue weighted by Gasteiger charge is 2.35. The summed E-state index contributed by atoms with van der Waals surface area (Å²) < 4.78 is 0.428. The van der Waals surface area contributed by atoms with Crippen LogP contribution < -0.4 is 5.32 Å². The predicted octanol–water partition coefficient (Wildman–Crippen LogP) is 3.01. The maximum atomic E-state index is 12.3. The number of nitrogens with zero attached hydrogens (tertiary/aromatic N) is 1. The number of rotatable bonds is 5. The lowest BCUT2D eigenvalue weighted by Gasteiger charge is -2.25. The Morgan fingerprint density at radius 3 is 2.71 bits per heavy atom. The molecule has 1 unspecified atom stereocenters. The molecule has 0 radical (unpaired) electrons. The second-order valence-corrected chi connectivity index (χ2v) is 7.81. The molecule has 21 heavy (non-hydrogen) atoms. The number of carbonyl (C=O) groups is 2. The van der Waals surface area contributed by atoms with Crippen LogP contribution in [0.5, 0.6) is 0 Å². The molecule has 0 saturated heterocycles. The Labute approximate surface area is 132 Å². The lowest BCUT2D eigenvalue weighted by Crippen LogP contribution is -2.45. The first-order valence-electron chi connectivity index (χ1n) is 6.75. The van der Waals surface area contributed by atoms with Crippen molar-refractivity contribution in [2.75, 3.05) is 5.75 Å². The monoisotopic (exact) mass is 322 g/mol. The highest BCUT2D eigenvalue weighted by Crippen LogP contribution is 2.32. The number of hydrogen-bond donors (Lipinski definition) is 1. The number of carbonyl (C=O) groups excluding carboxylic acids is 2. The smallest absolute Gasteiger partial charge is 0.242 e. The summed E-state index contributed by atoms with van der Waals surface area (Å²) in [5, 5.41) is 3.32. The molecular formula is C15H18N2O2S2. The summed E-state index contributed by atoms with van der Waals surface area (Å²) in [7, 11) is 0. The standard InChI is InChI=1S/C15H18N2O2S2/c1-4-20-15(3,14(19)16-10(2)18)9-13-17-11-7-5-6-8-12(11)21-13/h5-8H,4,9H2,1-3H3,(H,16,18,19). The molecule has 0 aliphatic rings. The van der Waals surface area contributed by atoms with Crippen LogP contribution in [0.2, 0.25) is 0 Å². The molecule has 0 saturated carbocycles. The Kier molecular flexibility index (Phi) is 5.00. The molecule has 0 aliphatic carbocycles. The molecule has 1 aromatic carbocycles. The van der Waals surface area contributed by atoms with Crippen LogP contribution in [0.3, 0.4) is 0 Å². The molecule has 112 valence electrons. The van der Waals surface area contributed by atoms with Crippen LogP contribution in [0, 0.1) is 0 Å². The normalized spacial score (nSPS) is 13.9. The van der Waals surface area contributed by atoms with Gasteiger partial charge in [0.15, 0.2) is 0 Å². The summed E-state index contributed by atoms with van der Waals surface area (Å²) in [6.07, 6.45) is 0.518. The van der Waals surface area contributed by atoms with E-state index in [1.165, 1.54) is 18.7 Å². The van der Waals surface area contributed by atoms with Crippen molar-refractivity contribution in [3.8, 4) is 0 Å². The van der Waals surface area contributed by atoms with E-state index in [9.17, 15) is 9.59 Å². The van der Waals surface area contributed by atoms with Gasteiger partial charge in [0, 0.05) is 13.3 Å². The van der Waals surface area contributed by atoms with Gasteiger partial charge in [-0.1, -0.05) is 19.1 Å². The Bertz CT molecular complexity index is 635. The van der Waals surface area contributed by atoms with E-state index in [1.54, 1.807) is 11.3 Å². The summed E-state index contributed by atoms with van der Waals surface area (Å²) in [6, 6.07) is 7.92. The summed E-state index contributed by atoms with van der Waals surface area (Å²) in [5.41, 5.74) is 0.952. The van der Waals surface area contributed by atoms with Gasteiger partial charge in [-0.15, -0.1) is 23.1 Å². The molecule has 0 aliphatic heterocycles. The molecule has 6 heteroatoms. The first-order chi connectivity index (χ1) is 9.94. The minimum Gasteiger partial charge on any atom is -0.295 e. The number of para-hydroxylation sites is 1. The van der Waals surface area contributed by atoms with Crippen LogP contribution in [0.15, 0.2) is 24.3 Å². The molecule has 2 amide bonds. The van der Waals surface area contributed by atoms with Crippen molar-refractivity contribution in [1.82, 2.24) is 10.3 Å². The lowest BCUT2D eigenvalue weighted by molar-refractivity contribution is -0.130. The van der Waals surface area contributed by atoms with Gasteiger partial charge in [-0.25, -0.2) is 4.98 Å². The van der Waals surface area contributed by atoms with Crippen molar-refractivity contribution in [1.29, 1.82) is 0 Å². The number of thiazole rings is 1. The van der Waals surface area contributed by atoms with Crippen LogP contribution >= 0.6 is 23.1 Å². The number of benzene rings is 1. The zero-order valence-electron chi connectivity index (χ0n) is 12.3. The molecule has 0 spiro atoms. The predicted molar refractivity (Wildman–Crippen MR) is 88.7 cm³/mol. The minimum atomic E-state index is -0.686. The van der Waals surface area contributed by atoms with Crippen molar-refractivity contribution < 1.29 is 9.59 Å². The number of hydrogen-bond acceptors (Lipinski definition) is 5. The summed E-state index contributed by atoms with van der Waals surface area (Å²) >= 11 is 3.13. The number of aromatic nitrogens is 1. The van der Waals surface area contributed by atoms with Crippen LogP contribution in [-0.4, -0.2) is 27.3 Å². The van der Waals surface area contributed by atoms with Crippen LogP contribution in [0.1, 0.15) is 25.8 Å². The summed E-state index contributed by atoms with van der Waals surface area (Å²) in [4.78, 5) is 28.0. The lowest BCUT2D eigenvalue weighted by atomic mass is 10.1. The summed E-state index contributed by atoms with van der Waals surface area (Å²) in [6.45, 7) is 5.22. The molecule has 1 atom stereocenters. The van der Waals surface area contributed by atoms with Crippen LogP contribution in [-0.2, 0) is 16.0 Å². The fourth-order valence-corrected chi connectivity index (χ4v) is 4.36. The van der Waals surface area contributed by atoms with E-state index >= 15 is 0 Å². The van der Waals surface area contributed by atoms with E-state index in [0.717, 1.165) is 21.0 Å². The average molecular weight is 322 g/mol. The van der Waals surface area contributed by atoms with E-state index in [-0.39, 0.29) is 11.8 Å². The van der Waals surface area contributed by atoms with Crippen molar-refractivity contribution in [2.24, 2.45) is 0 Å². The van der Waals surface area contributed by atoms with Crippen molar-refractivity contribution in [2.45, 2.75) is 31.9 Å². The molecule has 0 bridgehead atoms. The maximum Gasteiger partial charge on any atom is 0.242 e. The first kappa shape index (κ1) is 16.0. The molecule has 4 nitrogen and oxygen atoms in total. The molecule has 0 fully saturated rings. The van der Waals surface area contributed by atoms with E-state index in [4.69, 9.17) is 0 Å². The second-order valence-electron chi connectivity index (χ2n) is 4.93. The topological polar surface area (TPSA) is 59.1 Å². The zero-order valence-corrected chi connectivity index (χ0v) is 13.9. The highest BCUT2D eigenvalue weighted by molar-refractivity contribution is 8.01. The molecule has 2 aromatic rings. The number of imide groups is 1. The third-order valence-electron chi connectivity index (χ3n) is 3.06. The summed E-state index contributed by atoms with van der Waals surface area (Å²) in [5.74, 6) is 0.223. The quantitative estimate of drug-likeness (QED) is 0.919. The number of amides is 2. The third kappa shape index (κ3) is 3.83. The Morgan fingerprint density at radius 2 is 2.10 bits per heavy atom. The second kappa shape index (κ2) is 6.58. The number of nitrogens with one attached hydrogen (secondary N) is 1. The van der Waals surface area contributed by atoms with Crippen molar-refractivity contribution in [3.05, 3.63) is 29.3 Å². The average Bonchev–Trinajstić information content (AvgIpc) is 2.79. The van der Waals surface area contributed by atoms with E-state index in [1.807, 2.05) is 38.1 Å². The van der Waals surface area contributed by atoms with Crippen LogP contribution in [0.25, 0.3) is 10.2 Å². The minimum absolute atomic E-state index is 0.249. The van der Waals surface area contributed by atoms with Crippen LogP contribution in [0.4, 0.5) is 0 Å². The highest BCUT2D eigenvalue weighted by atomic mass is 32.2. The van der Waals surface area contributed by atoms with E-state index in [2.05, 4.69) is 10.3 Å². The fraction of sp³-hybridized carbons (Fsp3) is 0.400. The molecule has 1 heterocycles.